The monoisotopic (exact) mass is 610 g/mol. The zero-order valence-electron chi connectivity index (χ0n) is 25.5. The van der Waals surface area contributed by atoms with Gasteiger partial charge in [-0.3, -0.25) is 9.78 Å². The van der Waals surface area contributed by atoms with Crippen LogP contribution in [0.3, 0.4) is 0 Å². The smallest absolute Gasteiger partial charge is 0.326 e. The molecule has 1 aromatic heterocycles. The SMILES string of the molecule is CSCCC(NC(=O)c1ccc(/C=C/c2cnccc2C(O)C23CC4CC(CC(C4)C2)C3)cc1-c1ccccc1C)C(=O)O. The van der Waals surface area contributed by atoms with Crippen LogP contribution < -0.4 is 5.32 Å². The van der Waals surface area contributed by atoms with Gasteiger partial charge in [0.2, 0.25) is 0 Å². The highest BCUT2D eigenvalue weighted by Gasteiger charge is 2.54. The minimum absolute atomic E-state index is 0.0324. The quantitative estimate of drug-likeness (QED) is 0.209. The Morgan fingerprint density at radius 3 is 2.39 bits per heavy atom. The number of carbonyl (C=O) groups excluding carboxylic acids is 1. The number of carbonyl (C=O) groups is 2. The Balaban J connectivity index is 1.30. The maximum atomic E-state index is 13.5. The summed E-state index contributed by atoms with van der Waals surface area (Å²) in [6, 6.07) is 14.6. The summed E-state index contributed by atoms with van der Waals surface area (Å²) in [7, 11) is 0. The maximum absolute atomic E-state index is 13.5. The number of hydrogen-bond donors (Lipinski definition) is 3. The summed E-state index contributed by atoms with van der Waals surface area (Å²) in [5.74, 6) is 1.46. The van der Waals surface area contributed by atoms with E-state index in [-0.39, 0.29) is 5.41 Å². The molecule has 3 N–H and O–H groups in total. The van der Waals surface area contributed by atoms with E-state index < -0.39 is 24.0 Å². The fourth-order valence-corrected chi connectivity index (χ4v) is 9.00. The second kappa shape index (κ2) is 12.9. The number of aliphatic hydroxyl groups is 1. The Hall–Kier alpha value is -3.42. The molecule has 0 aliphatic heterocycles. The predicted octanol–water partition coefficient (Wildman–Crippen LogP) is 7.41. The summed E-state index contributed by atoms with van der Waals surface area (Å²) < 4.78 is 0. The van der Waals surface area contributed by atoms with Crippen LogP contribution in [0.4, 0.5) is 0 Å². The Morgan fingerprint density at radius 1 is 1.02 bits per heavy atom. The molecule has 0 saturated heterocycles. The van der Waals surface area contributed by atoms with Crippen LogP contribution in [-0.4, -0.2) is 45.1 Å². The number of carboxylic acid groups (broad SMARTS) is 1. The molecule has 1 amide bonds. The van der Waals surface area contributed by atoms with Gasteiger partial charge in [0.05, 0.1) is 6.10 Å². The molecule has 0 radical (unpaired) electrons. The fraction of sp³-hybridized carbons (Fsp3) is 0.432. The first kappa shape index (κ1) is 30.6. The second-order valence-electron chi connectivity index (χ2n) is 13.3. The van der Waals surface area contributed by atoms with Crippen molar-refractivity contribution in [2.45, 2.75) is 64.0 Å². The van der Waals surface area contributed by atoms with E-state index in [1.807, 2.05) is 74.0 Å². The highest BCUT2D eigenvalue weighted by atomic mass is 32.2. The molecular formula is C37H42N2O4S. The maximum Gasteiger partial charge on any atom is 0.326 e. The van der Waals surface area contributed by atoms with Gasteiger partial charge in [0, 0.05) is 23.4 Å². The van der Waals surface area contributed by atoms with Gasteiger partial charge in [0.1, 0.15) is 6.04 Å². The van der Waals surface area contributed by atoms with Gasteiger partial charge in [-0.1, -0.05) is 42.5 Å². The minimum atomic E-state index is -1.03. The van der Waals surface area contributed by atoms with E-state index in [1.54, 1.807) is 24.0 Å². The number of aliphatic carboxylic acids is 1. The Bertz CT molecular complexity index is 1530. The highest BCUT2D eigenvalue weighted by molar-refractivity contribution is 7.98. The molecular weight excluding hydrogens is 568 g/mol. The number of aryl methyl sites for hydroxylation is 1. The molecule has 2 atom stereocenters. The van der Waals surface area contributed by atoms with Crippen molar-refractivity contribution >= 4 is 35.8 Å². The van der Waals surface area contributed by atoms with E-state index in [4.69, 9.17) is 0 Å². The van der Waals surface area contributed by atoms with Crippen LogP contribution in [-0.2, 0) is 4.79 Å². The van der Waals surface area contributed by atoms with Crippen LogP contribution in [0, 0.1) is 30.1 Å². The van der Waals surface area contributed by atoms with Gasteiger partial charge < -0.3 is 15.5 Å². The number of nitrogens with one attached hydrogen (secondary N) is 1. The molecule has 4 bridgehead atoms. The molecule has 230 valence electrons. The van der Waals surface area contributed by atoms with E-state index in [1.165, 1.54) is 19.3 Å². The Morgan fingerprint density at radius 2 is 1.73 bits per heavy atom. The second-order valence-corrected chi connectivity index (χ2v) is 14.3. The number of amides is 1. The minimum Gasteiger partial charge on any atom is -0.480 e. The van der Waals surface area contributed by atoms with Gasteiger partial charge in [-0.05, 0) is 133 Å². The molecule has 4 saturated carbocycles. The number of aromatic nitrogens is 1. The standard InChI is InChI=1S/C37H42N2O4S/c1-23-5-3-4-6-29(23)32-18-24(8-10-31(32)35(41)39-33(36(42)43)12-14-44-2)7-9-28-22-38-13-11-30(28)34(40)37-19-25-15-26(20-37)17-27(16-25)21-37/h3-11,13,18,22,25-27,33-34,40H,12,14-17,19-21H2,1-2H3,(H,39,41)(H,42,43)/b9-7+. The normalized spacial score (nSPS) is 25.2. The summed E-state index contributed by atoms with van der Waals surface area (Å²) in [4.78, 5) is 29.7. The first-order valence-electron chi connectivity index (χ1n) is 15.8. The third-order valence-corrected chi connectivity index (χ3v) is 10.9. The molecule has 2 unspecified atom stereocenters. The van der Waals surface area contributed by atoms with Crippen LogP contribution in [0.5, 0.6) is 0 Å². The summed E-state index contributed by atoms with van der Waals surface area (Å²) in [6.07, 6.45) is 16.8. The molecule has 4 aliphatic carbocycles. The molecule has 4 fully saturated rings. The highest BCUT2D eigenvalue weighted by Crippen LogP contribution is 2.64. The van der Waals surface area contributed by atoms with Gasteiger partial charge in [0.15, 0.2) is 0 Å². The lowest BCUT2D eigenvalue weighted by Gasteiger charge is -2.58. The van der Waals surface area contributed by atoms with Crippen LogP contribution >= 0.6 is 11.8 Å². The zero-order chi connectivity index (χ0) is 30.8. The summed E-state index contributed by atoms with van der Waals surface area (Å²) in [5, 5.41) is 24.3. The lowest BCUT2D eigenvalue weighted by atomic mass is 9.47. The van der Waals surface area contributed by atoms with Crippen molar-refractivity contribution in [3.63, 3.8) is 0 Å². The van der Waals surface area contributed by atoms with Gasteiger partial charge in [0.25, 0.3) is 5.91 Å². The van der Waals surface area contributed by atoms with Crippen molar-refractivity contribution in [1.29, 1.82) is 0 Å². The van der Waals surface area contributed by atoms with Crippen molar-refractivity contribution in [1.82, 2.24) is 10.3 Å². The molecule has 6 nitrogen and oxygen atoms in total. The number of aliphatic hydroxyl groups excluding tert-OH is 1. The summed E-state index contributed by atoms with van der Waals surface area (Å²) in [6.45, 7) is 2.01. The number of pyridine rings is 1. The lowest BCUT2D eigenvalue weighted by Crippen LogP contribution is -2.49. The number of benzene rings is 2. The van der Waals surface area contributed by atoms with Gasteiger partial charge in [-0.2, -0.15) is 11.8 Å². The molecule has 0 spiro atoms. The van der Waals surface area contributed by atoms with Gasteiger partial charge in [-0.25, -0.2) is 4.79 Å². The third-order valence-electron chi connectivity index (χ3n) is 10.2. The number of nitrogens with zero attached hydrogens (tertiary/aromatic N) is 1. The van der Waals surface area contributed by atoms with Crippen LogP contribution in [0.1, 0.15) is 83.7 Å². The fourth-order valence-electron chi connectivity index (χ4n) is 8.52. The van der Waals surface area contributed by atoms with Gasteiger partial charge >= 0.3 is 5.97 Å². The lowest BCUT2D eigenvalue weighted by molar-refractivity contribution is -0.139. The van der Waals surface area contributed by atoms with E-state index in [0.29, 0.717) is 17.7 Å². The molecule has 3 aromatic rings. The first-order valence-corrected chi connectivity index (χ1v) is 17.2. The van der Waals surface area contributed by atoms with Crippen molar-refractivity contribution in [3.05, 3.63) is 88.7 Å². The molecule has 44 heavy (non-hydrogen) atoms. The summed E-state index contributed by atoms with van der Waals surface area (Å²) >= 11 is 1.55. The Labute approximate surface area is 264 Å². The number of rotatable bonds is 11. The van der Waals surface area contributed by atoms with Crippen molar-refractivity contribution in [2.75, 3.05) is 12.0 Å². The number of hydrogen-bond acceptors (Lipinski definition) is 5. The molecule has 7 heteroatoms. The largest absolute Gasteiger partial charge is 0.480 e. The zero-order valence-corrected chi connectivity index (χ0v) is 26.4. The van der Waals surface area contributed by atoms with Gasteiger partial charge in [-0.15, -0.1) is 0 Å². The Kier molecular flexibility index (Phi) is 8.97. The van der Waals surface area contributed by atoms with Crippen molar-refractivity contribution in [2.24, 2.45) is 23.2 Å². The van der Waals surface area contributed by atoms with E-state index in [0.717, 1.165) is 70.4 Å². The molecule has 2 aromatic carbocycles. The average molecular weight is 611 g/mol. The summed E-state index contributed by atoms with van der Waals surface area (Å²) in [5.41, 5.74) is 5.84. The average Bonchev–Trinajstić information content (AvgIpc) is 3.01. The topological polar surface area (TPSA) is 99.5 Å². The van der Waals surface area contributed by atoms with E-state index in [2.05, 4.69) is 10.3 Å². The van der Waals surface area contributed by atoms with E-state index >= 15 is 0 Å². The van der Waals surface area contributed by atoms with Crippen molar-refractivity contribution in [3.8, 4) is 11.1 Å². The molecule has 1 heterocycles. The number of thioether (sulfide) groups is 1. The first-order chi connectivity index (χ1) is 21.3. The predicted molar refractivity (Wildman–Crippen MR) is 177 cm³/mol. The van der Waals surface area contributed by atoms with Crippen LogP contribution in [0.25, 0.3) is 23.3 Å². The van der Waals surface area contributed by atoms with E-state index in [9.17, 15) is 19.8 Å². The van der Waals surface area contributed by atoms with Crippen molar-refractivity contribution < 1.29 is 19.8 Å². The van der Waals surface area contributed by atoms with Crippen LogP contribution in [0.2, 0.25) is 0 Å². The number of carboxylic acids is 1. The third kappa shape index (κ3) is 6.22. The molecule has 4 aliphatic rings. The van der Waals surface area contributed by atoms with Crippen LogP contribution in [0.15, 0.2) is 60.9 Å². The molecule has 7 rings (SSSR count).